The molecule has 0 spiro atoms. The monoisotopic (exact) mass is 291 g/mol. The minimum atomic E-state index is 0.0402. The third kappa shape index (κ3) is 4.14. The fourth-order valence-corrected chi connectivity index (χ4v) is 2.63. The molecule has 118 valence electrons. The Bertz CT molecular complexity index is 480. The van der Waals surface area contributed by atoms with Gasteiger partial charge >= 0.3 is 0 Å². The summed E-state index contributed by atoms with van der Waals surface area (Å²) in [4.78, 5) is 14.3. The molecule has 0 amide bonds. The SMILES string of the molecule is CNc1cc(C(C)(C)C)nc(CC2CN(C)CCN2C)n1. The molecule has 0 saturated carbocycles. The first-order valence-corrected chi connectivity index (χ1v) is 7.74. The van der Waals surface area contributed by atoms with Gasteiger partial charge in [0.05, 0.1) is 5.69 Å². The predicted molar refractivity (Wildman–Crippen MR) is 87.9 cm³/mol. The number of nitrogens with zero attached hydrogens (tertiary/aromatic N) is 4. The highest BCUT2D eigenvalue weighted by molar-refractivity contribution is 5.37. The van der Waals surface area contributed by atoms with Crippen LogP contribution in [-0.4, -0.2) is 66.6 Å². The van der Waals surface area contributed by atoms with Crippen LogP contribution in [0.3, 0.4) is 0 Å². The molecule has 21 heavy (non-hydrogen) atoms. The van der Waals surface area contributed by atoms with E-state index in [1.807, 2.05) is 7.05 Å². The van der Waals surface area contributed by atoms with Crippen molar-refractivity contribution >= 4 is 5.82 Å². The summed E-state index contributed by atoms with van der Waals surface area (Å²) in [6.07, 6.45) is 0.902. The van der Waals surface area contributed by atoms with Crippen LogP contribution in [0.15, 0.2) is 6.07 Å². The zero-order valence-electron chi connectivity index (χ0n) is 14.3. The second kappa shape index (κ2) is 6.28. The average molecular weight is 291 g/mol. The molecule has 5 heteroatoms. The van der Waals surface area contributed by atoms with Crippen molar-refractivity contribution < 1.29 is 0 Å². The maximum absolute atomic E-state index is 4.81. The highest BCUT2D eigenvalue weighted by Gasteiger charge is 2.24. The van der Waals surface area contributed by atoms with Crippen LogP contribution < -0.4 is 5.32 Å². The number of nitrogens with one attached hydrogen (secondary N) is 1. The summed E-state index contributed by atoms with van der Waals surface area (Å²) < 4.78 is 0. The van der Waals surface area contributed by atoms with Gasteiger partial charge in [-0.05, 0) is 14.1 Å². The molecule has 1 saturated heterocycles. The van der Waals surface area contributed by atoms with Gasteiger partial charge in [0.25, 0.3) is 0 Å². The molecule has 1 unspecified atom stereocenters. The van der Waals surface area contributed by atoms with Gasteiger partial charge in [0.2, 0.25) is 0 Å². The molecule has 1 aromatic rings. The Labute approximate surface area is 128 Å². The van der Waals surface area contributed by atoms with Crippen LogP contribution in [0.1, 0.15) is 32.3 Å². The van der Waals surface area contributed by atoms with E-state index in [9.17, 15) is 0 Å². The fraction of sp³-hybridized carbons (Fsp3) is 0.750. The number of aromatic nitrogens is 2. The third-order valence-corrected chi connectivity index (χ3v) is 4.20. The molecule has 2 rings (SSSR count). The Kier molecular flexibility index (Phi) is 4.84. The summed E-state index contributed by atoms with van der Waals surface area (Å²) in [5.41, 5.74) is 1.14. The van der Waals surface area contributed by atoms with Crippen molar-refractivity contribution in [3.05, 3.63) is 17.6 Å². The fourth-order valence-electron chi connectivity index (χ4n) is 2.63. The number of hydrogen-bond acceptors (Lipinski definition) is 5. The zero-order chi connectivity index (χ0) is 15.6. The molecule has 0 aliphatic carbocycles. The van der Waals surface area contributed by atoms with Crippen LogP contribution in [0.2, 0.25) is 0 Å². The Hall–Kier alpha value is -1.20. The molecule has 0 radical (unpaired) electrons. The summed E-state index contributed by atoms with van der Waals surface area (Å²) in [7, 11) is 6.30. The molecule has 1 aromatic heterocycles. The first kappa shape index (κ1) is 16.2. The predicted octanol–water partition coefficient (Wildman–Crippen LogP) is 1.60. The third-order valence-electron chi connectivity index (χ3n) is 4.20. The van der Waals surface area contributed by atoms with Crippen molar-refractivity contribution in [3.8, 4) is 0 Å². The zero-order valence-corrected chi connectivity index (χ0v) is 14.3. The quantitative estimate of drug-likeness (QED) is 0.916. The van der Waals surface area contributed by atoms with Crippen LogP contribution in [0.5, 0.6) is 0 Å². The topological polar surface area (TPSA) is 44.3 Å². The van der Waals surface area contributed by atoms with Gasteiger partial charge < -0.3 is 15.1 Å². The molecule has 1 aliphatic rings. The Balaban J connectivity index is 2.22. The lowest BCUT2D eigenvalue weighted by molar-refractivity contribution is 0.113. The lowest BCUT2D eigenvalue weighted by atomic mass is 9.91. The van der Waals surface area contributed by atoms with E-state index in [1.54, 1.807) is 0 Å². The Morgan fingerprint density at radius 1 is 1.24 bits per heavy atom. The minimum absolute atomic E-state index is 0.0402. The summed E-state index contributed by atoms with van der Waals surface area (Å²) in [5, 5.41) is 3.16. The maximum Gasteiger partial charge on any atom is 0.132 e. The first-order chi connectivity index (χ1) is 9.79. The van der Waals surface area contributed by atoms with Crippen molar-refractivity contribution in [2.24, 2.45) is 0 Å². The standard InChI is InChI=1S/C16H29N5/c1-16(2,3)13-10-14(17-4)19-15(18-13)9-12-11-20(5)7-8-21(12)6/h10,12H,7-9,11H2,1-6H3,(H,17,18,19). The molecular formula is C16H29N5. The van der Waals surface area contributed by atoms with Gasteiger partial charge in [-0.25, -0.2) is 9.97 Å². The van der Waals surface area contributed by atoms with Crippen LogP contribution in [0, 0.1) is 0 Å². The van der Waals surface area contributed by atoms with Crippen LogP contribution in [0.25, 0.3) is 0 Å². The molecule has 2 heterocycles. The maximum atomic E-state index is 4.81. The van der Waals surface area contributed by atoms with Gasteiger partial charge in [0.1, 0.15) is 11.6 Å². The van der Waals surface area contributed by atoms with E-state index in [4.69, 9.17) is 4.98 Å². The van der Waals surface area contributed by atoms with Gasteiger partial charge in [-0.2, -0.15) is 0 Å². The molecule has 1 fully saturated rings. The molecule has 0 bridgehead atoms. The van der Waals surface area contributed by atoms with Crippen molar-refractivity contribution in [1.29, 1.82) is 0 Å². The summed E-state index contributed by atoms with van der Waals surface area (Å²) in [5.74, 6) is 1.86. The molecule has 0 aromatic carbocycles. The van der Waals surface area contributed by atoms with E-state index in [0.29, 0.717) is 6.04 Å². The van der Waals surface area contributed by atoms with Gasteiger partial charge in [0.15, 0.2) is 0 Å². The second-order valence-electron chi connectivity index (χ2n) is 7.16. The van der Waals surface area contributed by atoms with Crippen LogP contribution in [0.4, 0.5) is 5.82 Å². The van der Waals surface area contributed by atoms with Crippen molar-refractivity contribution in [1.82, 2.24) is 19.8 Å². The van der Waals surface area contributed by atoms with Crippen LogP contribution in [-0.2, 0) is 11.8 Å². The summed E-state index contributed by atoms with van der Waals surface area (Å²) in [6.45, 7) is 9.91. The molecule has 1 atom stereocenters. The molecule has 5 nitrogen and oxygen atoms in total. The second-order valence-corrected chi connectivity index (χ2v) is 7.16. The molecular weight excluding hydrogens is 262 g/mol. The smallest absolute Gasteiger partial charge is 0.132 e. The van der Waals surface area contributed by atoms with E-state index < -0.39 is 0 Å². The average Bonchev–Trinajstić information content (AvgIpc) is 2.41. The van der Waals surface area contributed by atoms with Gasteiger partial charge in [-0.3, -0.25) is 0 Å². The number of likely N-dealkylation sites (N-methyl/N-ethyl adjacent to an activating group) is 2. The van der Waals surface area contributed by atoms with E-state index in [2.05, 4.69) is 61.0 Å². The highest BCUT2D eigenvalue weighted by Crippen LogP contribution is 2.23. The first-order valence-electron chi connectivity index (χ1n) is 7.74. The largest absolute Gasteiger partial charge is 0.373 e. The lowest BCUT2D eigenvalue weighted by Gasteiger charge is -2.37. The van der Waals surface area contributed by atoms with Crippen LogP contribution >= 0.6 is 0 Å². The van der Waals surface area contributed by atoms with Crippen molar-refractivity contribution in [2.45, 2.75) is 38.6 Å². The lowest BCUT2D eigenvalue weighted by Crippen LogP contribution is -2.51. The normalized spacial score (nSPS) is 21.5. The van der Waals surface area contributed by atoms with E-state index in [-0.39, 0.29) is 5.41 Å². The van der Waals surface area contributed by atoms with E-state index >= 15 is 0 Å². The number of piperazine rings is 1. The molecule has 1 N–H and O–H groups in total. The summed E-state index contributed by atoms with van der Waals surface area (Å²) >= 11 is 0. The Morgan fingerprint density at radius 3 is 2.57 bits per heavy atom. The van der Waals surface area contributed by atoms with E-state index in [0.717, 1.165) is 43.4 Å². The van der Waals surface area contributed by atoms with Gasteiger partial charge in [-0.15, -0.1) is 0 Å². The van der Waals surface area contributed by atoms with Gasteiger partial charge in [-0.1, -0.05) is 20.8 Å². The van der Waals surface area contributed by atoms with Gasteiger partial charge in [0, 0.05) is 50.6 Å². The Morgan fingerprint density at radius 2 is 1.95 bits per heavy atom. The number of anilines is 1. The highest BCUT2D eigenvalue weighted by atomic mass is 15.3. The van der Waals surface area contributed by atoms with Crippen molar-refractivity contribution in [3.63, 3.8) is 0 Å². The summed E-state index contributed by atoms with van der Waals surface area (Å²) in [6, 6.07) is 2.55. The number of hydrogen-bond donors (Lipinski definition) is 1. The van der Waals surface area contributed by atoms with Crippen molar-refractivity contribution in [2.75, 3.05) is 46.1 Å². The minimum Gasteiger partial charge on any atom is -0.373 e. The number of rotatable bonds is 3. The van der Waals surface area contributed by atoms with E-state index in [1.165, 1.54) is 0 Å². The molecule has 1 aliphatic heterocycles.